The van der Waals surface area contributed by atoms with E-state index in [2.05, 4.69) is 4.98 Å². The lowest BCUT2D eigenvalue weighted by molar-refractivity contribution is -0.123. The number of hydrogen-bond donors (Lipinski definition) is 1. The number of carbonyl (C=O) groups is 1. The Morgan fingerprint density at radius 2 is 2.16 bits per heavy atom. The first kappa shape index (κ1) is 14.0. The van der Waals surface area contributed by atoms with Crippen LogP contribution in [-0.4, -0.2) is 24.5 Å². The number of nitrogens with zero attached hydrogens (tertiary/aromatic N) is 2. The van der Waals surface area contributed by atoms with Gasteiger partial charge in [-0.05, 0) is 56.7 Å². The molecule has 1 aliphatic carbocycles. The van der Waals surface area contributed by atoms with E-state index in [-0.39, 0.29) is 11.8 Å². The summed E-state index contributed by atoms with van der Waals surface area (Å²) >= 11 is 0. The number of hydrogen-bond acceptors (Lipinski definition) is 3. The van der Waals surface area contributed by atoms with E-state index >= 15 is 0 Å². The summed E-state index contributed by atoms with van der Waals surface area (Å²) in [6.45, 7) is 0.763. The summed E-state index contributed by atoms with van der Waals surface area (Å²) in [6, 6.07) is 3.78. The lowest BCUT2D eigenvalue weighted by Crippen LogP contribution is -2.35. The van der Waals surface area contributed by atoms with Gasteiger partial charge in [0.1, 0.15) is 0 Å². The summed E-state index contributed by atoms with van der Waals surface area (Å²) in [5.41, 5.74) is 6.47. The molecule has 0 unspecified atom stereocenters. The van der Waals surface area contributed by atoms with Gasteiger partial charge >= 0.3 is 0 Å². The number of carbonyl (C=O) groups excluding carboxylic acids is 1. The Labute approximate surface area is 115 Å². The van der Waals surface area contributed by atoms with Gasteiger partial charge in [0, 0.05) is 19.2 Å². The van der Waals surface area contributed by atoms with Gasteiger partial charge in [-0.25, -0.2) is 0 Å². The maximum absolute atomic E-state index is 12.4. The van der Waals surface area contributed by atoms with Gasteiger partial charge in [-0.3, -0.25) is 9.78 Å². The highest BCUT2D eigenvalue weighted by Crippen LogP contribution is 2.32. The Hall–Kier alpha value is -1.42. The molecule has 1 aliphatic rings. The average Bonchev–Trinajstić information content (AvgIpc) is 2.48. The third kappa shape index (κ3) is 3.53. The fourth-order valence-electron chi connectivity index (χ4n) is 2.89. The first-order valence-electron chi connectivity index (χ1n) is 7.10. The number of nitrogens with two attached hydrogens (primary N) is 1. The molecule has 1 aromatic heterocycles. The highest BCUT2D eigenvalue weighted by Gasteiger charge is 2.28. The SMILES string of the molecule is CN(C(=O)C1CCC(CCN)CC1)c1cccnc1. The van der Waals surface area contributed by atoms with Crippen LogP contribution in [0.15, 0.2) is 24.5 Å². The Balaban J connectivity index is 1.91. The molecule has 4 heteroatoms. The standard InChI is InChI=1S/C15H23N3O/c1-18(14-3-2-10-17-11-14)15(19)13-6-4-12(5-7-13)8-9-16/h2-3,10-13H,4-9,16H2,1H3. The molecule has 2 N–H and O–H groups in total. The molecular formula is C15H23N3O. The van der Waals surface area contributed by atoms with Crippen LogP contribution in [0.3, 0.4) is 0 Å². The maximum Gasteiger partial charge on any atom is 0.229 e. The van der Waals surface area contributed by atoms with E-state index in [9.17, 15) is 4.79 Å². The van der Waals surface area contributed by atoms with Gasteiger partial charge in [0.05, 0.1) is 11.9 Å². The number of aromatic nitrogens is 1. The van der Waals surface area contributed by atoms with E-state index in [1.165, 1.54) is 0 Å². The third-order valence-corrected chi connectivity index (χ3v) is 4.13. The van der Waals surface area contributed by atoms with Crippen LogP contribution in [0.2, 0.25) is 0 Å². The topological polar surface area (TPSA) is 59.2 Å². The molecule has 19 heavy (non-hydrogen) atoms. The molecule has 1 heterocycles. The molecule has 2 rings (SSSR count). The van der Waals surface area contributed by atoms with Gasteiger partial charge in [-0.2, -0.15) is 0 Å². The molecule has 1 aromatic rings. The van der Waals surface area contributed by atoms with Crippen molar-refractivity contribution in [1.29, 1.82) is 0 Å². The van der Waals surface area contributed by atoms with Gasteiger partial charge in [0.15, 0.2) is 0 Å². The molecule has 0 radical (unpaired) electrons. The molecule has 0 bridgehead atoms. The molecular weight excluding hydrogens is 238 g/mol. The fraction of sp³-hybridized carbons (Fsp3) is 0.600. The Kier molecular flexibility index (Phi) is 4.91. The molecule has 1 fully saturated rings. The van der Waals surface area contributed by atoms with Crippen LogP contribution in [0, 0.1) is 11.8 Å². The maximum atomic E-state index is 12.4. The van der Waals surface area contributed by atoms with Crippen LogP contribution in [0.25, 0.3) is 0 Å². The quantitative estimate of drug-likeness (QED) is 0.904. The van der Waals surface area contributed by atoms with Crippen LogP contribution in [-0.2, 0) is 4.79 Å². The van der Waals surface area contributed by atoms with Crippen LogP contribution in [0.4, 0.5) is 5.69 Å². The van der Waals surface area contributed by atoms with E-state index in [1.54, 1.807) is 17.3 Å². The molecule has 1 saturated carbocycles. The zero-order chi connectivity index (χ0) is 13.7. The fourth-order valence-corrected chi connectivity index (χ4v) is 2.89. The molecule has 1 amide bonds. The van der Waals surface area contributed by atoms with Crippen molar-refractivity contribution < 1.29 is 4.79 Å². The number of amides is 1. The van der Waals surface area contributed by atoms with Crippen LogP contribution in [0.5, 0.6) is 0 Å². The Morgan fingerprint density at radius 1 is 1.42 bits per heavy atom. The van der Waals surface area contributed by atoms with Crippen molar-refractivity contribution in [2.45, 2.75) is 32.1 Å². The van der Waals surface area contributed by atoms with Crippen molar-refractivity contribution in [3.8, 4) is 0 Å². The van der Waals surface area contributed by atoms with Crippen LogP contribution in [0.1, 0.15) is 32.1 Å². The van der Waals surface area contributed by atoms with Gasteiger partial charge < -0.3 is 10.6 Å². The lowest BCUT2D eigenvalue weighted by atomic mass is 9.80. The lowest BCUT2D eigenvalue weighted by Gasteiger charge is -2.30. The van der Waals surface area contributed by atoms with Gasteiger partial charge in [-0.1, -0.05) is 0 Å². The smallest absolute Gasteiger partial charge is 0.229 e. The van der Waals surface area contributed by atoms with Crippen molar-refractivity contribution >= 4 is 11.6 Å². The van der Waals surface area contributed by atoms with E-state index in [1.807, 2.05) is 19.2 Å². The summed E-state index contributed by atoms with van der Waals surface area (Å²) in [5, 5.41) is 0. The summed E-state index contributed by atoms with van der Waals surface area (Å²) in [4.78, 5) is 18.2. The van der Waals surface area contributed by atoms with Crippen LogP contribution < -0.4 is 10.6 Å². The zero-order valence-electron chi connectivity index (χ0n) is 11.6. The minimum absolute atomic E-state index is 0.166. The predicted octanol–water partition coefficient (Wildman–Crippen LogP) is 2.20. The minimum Gasteiger partial charge on any atom is -0.330 e. The molecule has 0 aromatic carbocycles. The normalized spacial score (nSPS) is 23.1. The summed E-state index contributed by atoms with van der Waals surface area (Å²) < 4.78 is 0. The highest BCUT2D eigenvalue weighted by molar-refractivity contribution is 5.94. The summed E-state index contributed by atoms with van der Waals surface area (Å²) in [7, 11) is 1.84. The third-order valence-electron chi connectivity index (χ3n) is 4.13. The van der Waals surface area contributed by atoms with Crippen molar-refractivity contribution in [3.63, 3.8) is 0 Å². The number of rotatable bonds is 4. The van der Waals surface area contributed by atoms with E-state index < -0.39 is 0 Å². The van der Waals surface area contributed by atoms with E-state index in [0.717, 1.165) is 50.3 Å². The molecule has 4 nitrogen and oxygen atoms in total. The largest absolute Gasteiger partial charge is 0.330 e. The second-order valence-electron chi connectivity index (χ2n) is 5.40. The average molecular weight is 261 g/mol. The van der Waals surface area contributed by atoms with E-state index in [4.69, 9.17) is 5.73 Å². The minimum atomic E-state index is 0.166. The molecule has 0 spiro atoms. The molecule has 0 aliphatic heterocycles. The highest BCUT2D eigenvalue weighted by atomic mass is 16.2. The van der Waals surface area contributed by atoms with Crippen molar-refractivity contribution in [1.82, 2.24) is 4.98 Å². The van der Waals surface area contributed by atoms with Gasteiger partial charge in [-0.15, -0.1) is 0 Å². The zero-order valence-corrected chi connectivity index (χ0v) is 11.6. The monoisotopic (exact) mass is 261 g/mol. The van der Waals surface area contributed by atoms with Crippen molar-refractivity contribution in [2.75, 3.05) is 18.5 Å². The van der Waals surface area contributed by atoms with E-state index in [0.29, 0.717) is 0 Å². The van der Waals surface area contributed by atoms with Crippen LogP contribution >= 0.6 is 0 Å². The second kappa shape index (κ2) is 6.66. The van der Waals surface area contributed by atoms with Crippen molar-refractivity contribution in [3.05, 3.63) is 24.5 Å². The first-order valence-corrected chi connectivity index (χ1v) is 7.10. The molecule has 0 atom stereocenters. The Bertz CT molecular complexity index is 399. The number of anilines is 1. The molecule has 104 valence electrons. The summed E-state index contributed by atoms with van der Waals surface area (Å²) in [6.07, 6.45) is 8.81. The summed E-state index contributed by atoms with van der Waals surface area (Å²) in [5.74, 6) is 1.11. The number of pyridine rings is 1. The second-order valence-corrected chi connectivity index (χ2v) is 5.40. The first-order chi connectivity index (χ1) is 9.22. The molecule has 0 saturated heterocycles. The van der Waals surface area contributed by atoms with Gasteiger partial charge in [0.2, 0.25) is 5.91 Å². The predicted molar refractivity (Wildman–Crippen MR) is 76.8 cm³/mol. The Morgan fingerprint density at radius 3 is 2.74 bits per heavy atom. The van der Waals surface area contributed by atoms with Gasteiger partial charge in [0.25, 0.3) is 0 Å². The van der Waals surface area contributed by atoms with Crippen molar-refractivity contribution in [2.24, 2.45) is 17.6 Å².